The summed E-state index contributed by atoms with van der Waals surface area (Å²) >= 11 is 0. The van der Waals surface area contributed by atoms with Crippen LogP contribution in [0.1, 0.15) is 85.8 Å². The van der Waals surface area contributed by atoms with Gasteiger partial charge in [-0.1, -0.05) is 36.4 Å². The van der Waals surface area contributed by atoms with E-state index in [0.717, 1.165) is 68.2 Å². The molecule has 1 aliphatic carbocycles. The molecule has 1 amide bonds. The molecule has 1 saturated carbocycles. The van der Waals surface area contributed by atoms with Gasteiger partial charge in [-0.25, -0.2) is 13.1 Å². The number of aromatic amines is 1. The molecule has 7 aliphatic rings. The van der Waals surface area contributed by atoms with Gasteiger partial charge in [-0.2, -0.15) is 4.98 Å². The number of morpholine rings is 1. The van der Waals surface area contributed by atoms with Crippen LogP contribution in [0.2, 0.25) is 0 Å². The van der Waals surface area contributed by atoms with Crippen molar-refractivity contribution >= 4 is 61.0 Å². The first kappa shape index (κ1) is 45.0. The zero-order valence-electron chi connectivity index (χ0n) is 39.4. The summed E-state index contributed by atoms with van der Waals surface area (Å²) in [6.45, 7) is 12.3. The maximum atomic E-state index is 14.6. The van der Waals surface area contributed by atoms with Gasteiger partial charge in [0, 0.05) is 80.3 Å². The van der Waals surface area contributed by atoms with Crippen molar-refractivity contribution in [3.05, 3.63) is 106 Å². The minimum Gasteiger partial charge on any atom is -0.489 e. The normalized spacial score (nSPS) is 24.3. The van der Waals surface area contributed by atoms with Crippen LogP contribution in [0.4, 0.5) is 28.4 Å². The summed E-state index contributed by atoms with van der Waals surface area (Å²) in [5.41, 5.74) is 6.59. The third kappa shape index (κ3) is 8.11. The number of H-pyrrole nitrogens is 1. The van der Waals surface area contributed by atoms with Crippen molar-refractivity contribution in [1.29, 1.82) is 0 Å². The van der Waals surface area contributed by atoms with Crippen LogP contribution in [0, 0.1) is 15.5 Å². The highest BCUT2D eigenvalue weighted by Gasteiger charge is 2.50. The SMILES string of the molecule is C=C(C)c1ccccc1[C@@H]1CCCN1C1CC2(CCN(c3ccc(C(=O)NS(=O)(=O)c4cc5c(c([N+](=O)[O-])c4)N[C@@H](CN4C[C@H]6C[C@@H]4CO6)CO5)c(N4CCCOc5nc6[nH]ccc6cc54)c3)CC2)C1. The van der Waals surface area contributed by atoms with E-state index in [4.69, 9.17) is 19.2 Å². The van der Waals surface area contributed by atoms with Crippen LogP contribution in [-0.2, 0) is 14.8 Å². The molecule has 8 heterocycles. The molecule has 1 spiro atoms. The number of aromatic nitrogens is 2. The molecule has 6 aliphatic heterocycles. The van der Waals surface area contributed by atoms with Crippen LogP contribution in [0.15, 0.2) is 84.4 Å². The number of carbonyl (C=O) groups is 1. The Balaban J connectivity index is 0.799. The highest BCUT2D eigenvalue weighted by atomic mass is 32.2. The van der Waals surface area contributed by atoms with Gasteiger partial charge >= 0.3 is 0 Å². The minimum atomic E-state index is -4.66. The second kappa shape index (κ2) is 17.6. The maximum absolute atomic E-state index is 14.6. The van der Waals surface area contributed by atoms with Crippen LogP contribution in [0.5, 0.6) is 11.6 Å². The molecule has 12 rings (SSSR count). The standard InChI is InChI=1S/C52H59N9O8S/c1-32(2)40-7-3-4-8-41(40)43-9-5-16-59(43)37-26-52(27-37)13-18-57(19-14-52)35-10-11-42(44(23-35)60-17-6-20-67-51-46(60)21-33-12-15-53-49(33)55-51)50(62)56-70(65,66)39-24-45(61(63)64)48-47(25-39)69-30-34(54-48)28-58-29-38-22-36(58)31-68-38/h3-4,7-8,10-12,15,21,23-25,34,36-38,43,54H,1,5-6,9,13-14,16-20,22,26-31H2,2H3,(H,53,55)(H,56,62)/t34-,36+,38+,43-/m0/s1. The summed E-state index contributed by atoms with van der Waals surface area (Å²) in [7, 11) is -4.66. The number of nitro groups is 1. The van der Waals surface area contributed by atoms with Gasteiger partial charge in [0.05, 0.1) is 46.4 Å². The summed E-state index contributed by atoms with van der Waals surface area (Å²) < 4.78 is 48.7. The van der Waals surface area contributed by atoms with Crippen LogP contribution in [0.3, 0.4) is 0 Å². The van der Waals surface area contributed by atoms with E-state index in [1.807, 2.05) is 35.4 Å². The average molecular weight is 970 g/mol. The van der Waals surface area contributed by atoms with E-state index >= 15 is 0 Å². The van der Waals surface area contributed by atoms with Crippen molar-refractivity contribution in [3.63, 3.8) is 0 Å². The molecule has 366 valence electrons. The molecule has 2 aromatic heterocycles. The Morgan fingerprint density at radius 2 is 1.81 bits per heavy atom. The Kier molecular flexibility index (Phi) is 11.3. The lowest BCUT2D eigenvalue weighted by molar-refractivity contribution is -0.384. The molecule has 0 unspecified atom stereocenters. The number of nitrogens with one attached hydrogen (secondary N) is 3. The van der Waals surface area contributed by atoms with Crippen LogP contribution in [-0.4, -0.2) is 122 Å². The second-order valence-corrected chi connectivity index (χ2v) is 22.2. The van der Waals surface area contributed by atoms with Gasteiger partial charge in [0.1, 0.15) is 17.9 Å². The molecule has 2 bridgehead atoms. The van der Waals surface area contributed by atoms with E-state index < -0.39 is 31.4 Å². The molecule has 3 aromatic carbocycles. The maximum Gasteiger partial charge on any atom is 0.297 e. The van der Waals surface area contributed by atoms with Gasteiger partial charge < -0.3 is 34.3 Å². The van der Waals surface area contributed by atoms with E-state index in [0.29, 0.717) is 73.8 Å². The van der Waals surface area contributed by atoms with Crippen molar-refractivity contribution in [2.24, 2.45) is 5.41 Å². The lowest BCUT2D eigenvalue weighted by atomic mass is 9.59. The summed E-state index contributed by atoms with van der Waals surface area (Å²) in [5.74, 6) is -0.445. The van der Waals surface area contributed by atoms with Crippen LogP contribution in [0.25, 0.3) is 16.6 Å². The second-order valence-electron chi connectivity index (χ2n) is 20.6. The zero-order chi connectivity index (χ0) is 47.9. The molecule has 17 nitrogen and oxygen atoms in total. The number of nitrogens with zero attached hydrogens (tertiary/aromatic N) is 6. The van der Waals surface area contributed by atoms with Crippen molar-refractivity contribution in [3.8, 4) is 11.6 Å². The summed E-state index contributed by atoms with van der Waals surface area (Å²) in [6.07, 6.45) is 10.4. The number of rotatable bonds is 11. The molecule has 70 heavy (non-hydrogen) atoms. The van der Waals surface area contributed by atoms with Crippen molar-refractivity contribution in [2.45, 2.75) is 93.5 Å². The molecule has 5 fully saturated rings. The lowest BCUT2D eigenvalue weighted by Gasteiger charge is -2.56. The zero-order valence-corrected chi connectivity index (χ0v) is 40.2. The fourth-order valence-electron chi connectivity index (χ4n) is 12.6. The number of carbonyl (C=O) groups excluding carboxylic acids is 1. The molecule has 5 aromatic rings. The number of hydrogen-bond acceptors (Lipinski definition) is 14. The molecule has 4 saturated heterocycles. The number of hydrogen-bond donors (Lipinski definition) is 3. The molecular formula is C52H59N9O8S. The monoisotopic (exact) mass is 969 g/mol. The van der Waals surface area contributed by atoms with Gasteiger partial charge in [-0.15, -0.1) is 0 Å². The average Bonchev–Trinajstić information content (AvgIpc) is 4.17. The highest BCUT2D eigenvalue weighted by Crippen LogP contribution is 2.54. The summed E-state index contributed by atoms with van der Waals surface area (Å²) in [6, 6.07) is 21.5. The van der Waals surface area contributed by atoms with Crippen molar-refractivity contribution in [2.75, 3.05) is 74.2 Å². The fourth-order valence-corrected chi connectivity index (χ4v) is 13.6. The minimum absolute atomic E-state index is 0.0321. The number of likely N-dealkylation sites (tertiary alicyclic amines) is 2. The number of pyridine rings is 1. The van der Waals surface area contributed by atoms with Crippen molar-refractivity contribution in [1.82, 2.24) is 24.5 Å². The third-order valence-corrected chi connectivity index (χ3v) is 17.5. The number of ether oxygens (including phenoxy) is 3. The van der Waals surface area contributed by atoms with E-state index in [1.54, 1.807) is 6.07 Å². The predicted octanol–water partition coefficient (Wildman–Crippen LogP) is 7.78. The number of allylic oxidation sites excluding steroid dienone is 1. The van der Waals surface area contributed by atoms with Crippen LogP contribution >= 0.6 is 0 Å². The van der Waals surface area contributed by atoms with Crippen molar-refractivity contribution < 1.29 is 32.3 Å². The number of anilines is 4. The number of fused-ring (bicyclic) bond motifs is 5. The van der Waals surface area contributed by atoms with Crippen LogP contribution < -0.4 is 29.3 Å². The topological polar surface area (TPSA) is 188 Å². The van der Waals surface area contributed by atoms with E-state index in [-0.39, 0.29) is 41.2 Å². The van der Waals surface area contributed by atoms with Gasteiger partial charge in [0.15, 0.2) is 11.4 Å². The van der Waals surface area contributed by atoms with Gasteiger partial charge in [0.2, 0.25) is 5.88 Å². The first-order chi connectivity index (χ1) is 33.9. The quantitative estimate of drug-likeness (QED) is 0.0860. The summed E-state index contributed by atoms with van der Waals surface area (Å²) in [4.78, 5) is 43.4. The number of benzene rings is 3. The fraction of sp³-hybridized carbons (Fsp3) is 0.462. The van der Waals surface area contributed by atoms with Gasteiger partial charge in [0.25, 0.3) is 21.6 Å². The lowest BCUT2D eigenvalue weighted by Crippen LogP contribution is -2.54. The number of sulfonamides is 1. The predicted molar refractivity (Wildman–Crippen MR) is 267 cm³/mol. The summed E-state index contributed by atoms with van der Waals surface area (Å²) in [5, 5.41) is 16.6. The Morgan fingerprint density at radius 3 is 2.60 bits per heavy atom. The molecule has 3 N–H and O–H groups in total. The third-order valence-electron chi connectivity index (χ3n) is 16.2. The number of nitro benzene ring substituents is 1. The number of piperidine rings is 1. The Labute approximate surface area is 407 Å². The highest BCUT2D eigenvalue weighted by molar-refractivity contribution is 7.90. The van der Waals surface area contributed by atoms with E-state index in [2.05, 4.69) is 67.5 Å². The molecule has 0 radical (unpaired) electrons. The molecule has 18 heteroatoms. The molecule has 4 atom stereocenters. The van der Waals surface area contributed by atoms with Gasteiger partial charge in [-0.05, 0) is 112 Å². The smallest absolute Gasteiger partial charge is 0.297 e. The van der Waals surface area contributed by atoms with Gasteiger partial charge in [-0.3, -0.25) is 24.7 Å². The largest absolute Gasteiger partial charge is 0.489 e. The van der Waals surface area contributed by atoms with E-state index in [9.17, 15) is 23.3 Å². The Bertz CT molecular complexity index is 3020. The Morgan fingerprint density at radius 1 is 0.971 bits per heavy atom. The first-order valence-electron chi connectivity index (χ1n) is 24.8. The first-order valence-corrected chi connectivity index (χ1v) is 26.3. The Hall–Kier alpha value is -6.21. The number of amides is 1. The molecular weight excluding hydrogens is 911 g/mol. The van der Waals surface area contributed by atoms with E-state index in [1.165, 1.54) is 42.9 Å².